The molecule has 2 rings (SSSR count). The third kappa shape index (κ3) is 3.28. The molecule has 2 aromatic rings. The van der Waals surface area contributed by atoms with Crippen LogP contribution in [0.15, 0.2) is 39.7 Å². The van der Waals surface area contributed by atoms with Crippen molar-refractivity contribution in [2.45, 2.75) is 4.90 Å². The van der Waals surface area contributed by atoms with Gasteiger partial charge in [0.05, 0.1) is 11.4 Å². The number of hydrogen-bond donors (Lipinski definition) is 2. The Bertz CT molecular complexity index is 795. The van der Waals surface area contributed by atoms with Crippen LogP contribution in [-0.2, 0) is 10.0 Å². The van der Waals surface area contributed by atoms with Gasteiger partial charge in [0.1, 0.15) is 10.7 Å². The number of nitrogen functional groups attached to an aromatic ring is 1. The Kier molecular flexibility index (Phi) is 4.40. The van der Waals surface area contributed by atoms with Gasteiger partial charge in [0.15, 0.2) is 5.82 Å². The summed E-state index contributed by atoms with van der Waals surface area (Å²) >= 11 is 8.68. The van der Waals surface area contributed by atoms with Crippen molar-refractivity contribution in [1.82, 2.24) is 0 Å². The van der Waals surface area contributed by atoms with Gasteiger partial charge in [0, 0.05) is 9.50 Å². The summed E-state index contributed by atoms with van der Waals surface area (Å²) < 4.78 is 54.0. The minimum absolute atomic E-state index is 0.0538. The van der Waals surface area contributed by atoms with Crippen LogP contribution in [0.4, 0.5) is 20.2 Å². The highest BCUT2D eigenvalue weighted by molar-refractivity contribution is 9.10. The van der Waals surface area contributed by atoms with E-state index in [1.807, 2.05) is 4.72 Å². The monoisotopic (exact) mass is 396 g/mol. The minimum atomic E-state index is -4.39. The largest absolute Gasteiger partial charge is 0.396 e. The number of para-hydroxylation sites is 1. The molecule has 0 radical (unpaired) electrons. The Morgan fingerprint density at radius 3 is 2.52 bits per heavy atom. The van der Waals surface area contributed by atoms with Crippen molar-refractivity contribution in [1.29, 1.82) is 0 Å². The van der Waals surface area contributed by atoms with Crippen LogP contribution < -0.4 is 10.5 Å². The zero-order valence-corrected chi connectivity index (χ0v) is 13.4. The number of nitrogens with two attached hydrogens (primary N) is 1. The summed E-state index contributed by atoms with van der Waals surface area (Å²) in [7, 11) is -4.39. The second kappa shape index (κ2) is 5.78. The normalized spacial score (nSPS) is 11.4. The number of hydrogen-bond acceptors (Lipinski definition) is 3. The molecule has 112 valence electrons. The Hall–Kier alpha value is -1.38. The molecule has 3 N–H and O–H groups in total. The average molecular weight is 398 g/mol. The lowest BCUT2D eigenvalue weighted by atomic mass is 10.3. The summed E-state index contributed by atoms with van der Waals surface area (Å²) in [6.45, 7) is 0. The average Bonchev–Trinajstić information content (AvgIpc) is 2.38. The van der Waals surface area contributed by atoms with Gasteiger partial charge < -0.3 is 5.73 Å². The van der Waals surface area contributed by atoms with E-state index in [4.69, 9.17) is 17.3 Å². The van der Waals surface area contributed by atoms with Crippen LogP contribution in [0, 0.1) is 11.6 Å². The summed E-state index contributed by atoms with van der Waals surface area (Å²) in [5.74, 6) is -1.97. The lowest BCUT2D eigenvalue weighted by Crippen LogP contribution is -2.16. The number of benzene rings is 2. The van der Waals surface area contributed by atoms with E-state index in [1.54, 1.807) is 0 Å². The number of rotatable bonds is 3. The number of sulfonamides is 1. The highest BCUT2D eigenvalue weighted by Crippen LogP contribution is 2.30. The van der Waals surface area contributed by atoms with Crippen LogP contribution in [0.3, 0.4) is 0 Å². The van der Waals surface area contributed by atoms with Gasteiger partial charge in [0.2, 0.25) is 0 Å². The van der Waals surface area contributed by atoms with Crippen LogP contribution in [0.25, 0.3) is 0 Å². The fourth-order valence-electron chi connectivity index (χ4n) is 1.56. The molecule has 0 heterocycles. The fraction of sp³-hybridized carbons (Fsp3) is 0. The predicted octanol–water partition coefficient (Wildman–Crippen LogP) is 3.76. The molecule has 0 unspecified atom stereocenters. The van der Waals surface area contributed by atoms with E-state index in [0.29, 0.717) is 0 Å². The van der Waals surface area contributed by atoms with E-state index >= 15 is 0 Å². The van der Waals surface area contributed by atoms with E-state index in [1.165, 1.54) is 12.1 Å². The summed E-state index contributed by atoms with van der Waals surface area (Å²) in [5.41, 5.74) is 4.58. The zero-order chi connectivity index (χ0) is 15.8. The molecular formula is C12H8BrClF2N2O2S. The minimum Gasteiger partial charge on any atom is -0.396 e. The lowest BCUT2D eigenvalue weighted by molar-refractivity contribution is 0.572. The highest BCUT2D eigenvalue weighted by atomic mass is 79.9. The molecule has 21 heavy (non-hydrogen) atoms. The molecule has 0 amide bonds. The van der Waals surface area contributed by atoms with Crippen LogP contribution in [-0.4, -0.2) is 8.42 Å². The second-order valence-electron chi connectivity index (χ2n) is 4.01. The Labute approximate surface area is 133 Å². The van der Waals surface area contributed by atoms with Gasteiger partial charge in [0.25, 0.3) is 10.0 Å². The van der Waals surface area contributed by atoms with Crippen molar-refractivity contribution in [2.24, 2.45) is 0 Å². The summed E-state index contributed by atoms with van der Waals surface area (Å²) in [4.78, 5) is -0.761. The second-order valence-corrected chi connectivity index (χ2v) is 6.95. The maximum atomic E-state index is 13.9. The SMILES string of the molecule is Nc1cc(Cl)cc(S(=O)(=O)Nc2c(F)cccc2Br)c1F. The molecule has 0 aromatic heterocycles. The van der Waals surface area contributed by atoms with Crippen molar-refractivity contribution in [3.05, 3.63) is 51.5 Å². The third-order valence-corrected chi connectivity index (χ3v) is 4.75. The van der Waals surface area contributed by atoms with Crippen LogP contribution >= 0.6 is 27.5 Å². The number of anilines is 2. The van der Waals surface area contributed by atoms with Gasteiger partial charge >= 0.3 is 0 Å². The molecule has 0 saturated carbocycles. The third-order valence-electron chi connectivity index (χ3n) is 2.52. The van der Waals surface area contributed by atoms with Gasteiger partial charge in [-0.1, -0.05) is 17.7 Å². The van der Waals surface area contributed by atoms with E-state index in [-0.39, 0.29) is 15.2 Å². The van der Waals surface area contributed by atoms with Gasteiger partial charge in [-0.15, -0.1) is 0 Å². The molecule has 0 aliphatic heterocycles. The molecular weight excluding hydrogens is 390 g/mol. The first-order valence-electron chi connectivity index (χ1n) is 5.43. The van der Waals surface area contributed by atoms with Crippen molar-refractivity contribution in [2.75, 3.05) is 10.5 Å². The maximum Gasteiger partial charge on any atom is 0.265 e. The van der Waals surface area contributed by atoms with Crippen LogP contribution in [0.5, 0.6) is 0 Å². The highest BCUT2D eigenvalue weighted by Gasteiger charge is 2.24. The van der Waals surface area contributed by atoms with Gasteiger partial charge in [-0.3, -0.25) is 4.72 Å². The van der Waals surface area contributed by atoms with Crippen molar-refractivity contribution >= 4 is 48.9 Å². The zero-order valence-electron chi connectivity index (χ0n) is 10.2. The van der Waals surface area contributed by atoms with E-state index in [2.05, 4.69) is 15.9 Å². The topological polar surface area (TPSA) is 72.2 Å². The van der Waals surface area contributed by atoms with Crippen LogP contribution in [0.1, 0.15) is 0 Å². The molecule has 0 atom stereocenters. The van der Waals surface area contributed by atoms with Gasteiger partial charge in [-0.25, -0.2) is 17.2 Å². The lowest BCUT2D eigenvalue weighted by Gasteiger charge is -2.12. The Balaban J connectivity index is 2.54. The maximum absolute atomic E-state index is 13.9. The van der Waals surface area contributed by atoms with Crippen LogP contribution in [0.2, 0.25) is 5.02 Å². The first-order chi connectivity index (χ1) is 9.72. The van der Waals surface area contributed by atoms with Gasteiger partial charge in [-0.05, 0) is 40.2 Å². The number of nitrogens with one attached hydrogen (secondary N) is 1. The van der Waals surface area contributed by atoms with E-state index in [9.17, 15) is 17.2 Å². The standard InChI is InChI=1S/C12H8BrClF2N2O2S/c13-7-2-1-3-8(15)12(7)18-21(19,20)10-5-6(14)4-9(17)11(10)16/h1-5,18H,17H2. The van der Waals surface area contributed by atoms with Crippen molar-refractivity contribution in [3.8, 4) is 0 Å². The quantitative estimate of drug-likeness (QED) is 0.775. The smallest absolute Gasteiger partial charge is 0.265 e. The molecule has 0 aliphatic carbocycles. The van der Waals surface area contributed by atoms with E-state index < -0.39 is 32.2 Å². The molecule has 0 bridgehead atoms. The summed E-state index contributed by atoms with van der Waals surface area (Å²) in [6, 6.07) is 5.85. The van der Waals surface area contributed by atoms with Gasteiger partial charge in [-0.2, -0.15) is 0 Å². The molecule has 9 heteroatoms. The Morgan fingerprint density at radius 1 is 1.24 bits per heavy atom. The molecule has 4 nitrogen and oxygen atoms in total. The molecule has 0 saturated heterocycles. The molecule has 0 spiro atoms. The molecule has 2 aromatic carbocycles. The first-order valence-corrected chi connectivity index (χ1v) is 8.09. The van der Waals surface area contributed by atoms with E-state index in [0.717, 1.165) is 18.2 Å². The number of halogens is 4. The Morgan fingerprint density at radius 2 is 1.90 bits per heavy atom. The summed E-state index contributed by atoms with van der Waals surface area (Å²) in [5, 5.41) is -0.0538. The predicted molar refractivity (Wildman–Crippen MR) is 80.7 cm³/mol. The van der Waals surface area contributed by atoms with Crippen molar-refractivity contribution < 1.29 is 17.2 Å². The first kappa shape index (κ1) is 16.0. The molecule has 0 aliphatic rings. The summed E-state index contributed by atoms with van der Waals surface area (Å²) in [6.07, 6.45) is 0. The fourth-order valence-corrected chi connectivity index (χ4v) is 3.65. The van der Waals surface area contributed by atoms with Crippen molar-refractivity contribution in [3.63, 3.8) is 0 Å². The molecule has 0 fully saturated rings.